The molecule has 0 bridgehead atoms. The van der Waals surface area contributed by atoms with E-state index in [2.05, 4.69) is 10.2 Å². The predicted molar refractivity (Wildman–Crippen MR) is 124 cm³/mol. The number of hydrogen-bond donors (Lipinski definition) is 1. The average molecular weight is 472 g/mol. The largest absolute Gasteiger partial charge is 0.326 e. The number of carbonyl (C=O) groups is 2. The van der Waals surface area contributed by atoms with Crippen molar-refractivity contribution in [2.24, 2.45) is 0 Å². The summed E-state index contributed by atoms with van der Waals surface area (Å²) in [6.45, 7) is 3.27. The van der Waals surface area contributed by atoms with Gasteiger partial charge in [-0.15, -0.1) is 0 Å². The fraction of sp³-hybridized carbons (Fsp3) is 0.478. The van der Waals surface area contributed by atoms with Gasteiger partial charge in [-0.25, -0.2) is 18.1 Å². The molecule has 2 aromatic carbocycles. The number of fused-ring (bicyclic) bond motifs is 1. The van der Waals surface area contributed by atoms with Crippen LogP contribution in [0.15, 0.2) is 47.4 Å². The van der Waals surface area contributed by atoms with Crippen LogP contribution in [0.4, 0.5) is 4.79 Å². The molecule has 3 heterocycles. The Morgan fingerprint density at radius 3 is 2.27 bits per heavy atom. The van der Waals surface area contributed by atoms with Gasteiger partial charge in [0.25, 0.3) is 5.91 Å². The molecule has 33 heavy (non-hydrogen) atoms. The second kappa shape index (κ2) is 8.35. The number of nitrogens with one attached hydrogen (secondary N) is 1. The maximum Gasteiger partial charge on any atom is 0.326 e. The molecule has 0 saturated carbocycles. The number of piperidine rings is 1. The van der Waals surface area contributed by atoms with Crippen LogP contribution < -0.4 is 5.32 Å². The molecular weight excluding hydrogens is 442 g/mol. The molecule has 0 unspecified atom stereocenters. The van der Waals surface area contributed by atoms with Crippen LogP contribution in [0.25, 0.3) is 10.8 Å². The normalized spacial score (nSPS) is 22.9. The molecule has 1 N–H and O–H groups in total. The smallest absolute Gasteiger partial charge is 0.323 e. The van der Waals surface area contributed by atoms with Crippen molar-refractivity contribution in [2.75, 3.05) is 53.0 Å². The summed E-state index contributed by atoms with van der Waals surface area (Å²) >= 11 is 0. The van der Waals surface area contributed by atoms with Crippen molar-refractivity contribution in [1.29, 1.82) is 0 Å². The molecule has 176 valence electrons. The molecule has 2 aromatic rings. The van der Waals surface area contributed by atoms with Crippen molar-refractivity contribution in [2.45, 2.75) is 23.3 Å². The summed E-state index contributed by atoms with van der Waals surface area (Å²) in [5.41, 5.74) is -0.787. The fourth-order valence-corrected chi connectivity index (χ4v) is 6.39. The van der Waals surface area contributed by atoms with E-state index in [1.165, 1.54) is 9.21 Å². The number of likely N-dealkylation sites (tertiary alicyclic amines) is 1. The number of imide groups is 1. The third kappa shape index (κ3) is 4.01. The van der Waals surface area contributed by atoms with Crippen LogP contribution in [-0.4, -0.2) is 97.9 Å². The van der Waals surface area contributed by atoms with Gasteiger partial charge in [0, 0.05) is 39.3 Å². The number of hydrogen-bond acceptors (Lipinski definition) is 6. The lowest BCUT2D eigenvalue weighted by Crippen LogP contribution is -2.55. The maximum atomic E-state index is 13.2. The zero-order chi connectivity index (χ0) is 23.2. The predicted octanol–water partition coefficient (Wildman–Crippen LogP) is 1.12. The van der Waals surface area contributed by atoms with E-state index in [4.69, 9.17) is 0 Å². The SMILES string of the molecule is CN1CCC2(CC1)NC(=O)N(CN1CCN(S(=O)(=O)c3ccc4ccccc4c3)CC1)C2=O. The van der Waals surface area contributed by atoms with E-state index in [0.717, 1.165) is 23.9 Å². The molecule has 0 aromatic heterocycles. The fourth-order valence-electron chi connectivity index (χ4n) is 4.93. The quantitative estimate of drug-likeness (QED) is 0.672. The molecule has 5 rings (SSSR count). The van der Waals surface area contributed by atoms with Gasteiger partial charge in [-0.3, -0.25) is 9.69 Å². The number of urea groups is 1. The van der Waals surface area contributed by atoms with E-state index in [1.807, 2.05) is 42.3 Å². The number of carbonyl (C=O) groups excluding carboxylic acids is 2. The lowest BCUT2D eigenvalue weighted by atomic mass is 9.88. The Morgan fingerprint density at radius 1 is 0.909 bits per heavy atom. The molecule has 0 radical (unpaired) electrons. The number of piperazine rings is 1. The zero-order valence-corrected chi connectivity index (χ0v) is 19.6. The van der Waals surface area contributed by atoms with Gasteiger partial charge in [-0.2, -0.15) is 4.31 Å². The number of nitrogens with zero attached hydrogens (tertiary/aromatic N) is 4. The topological polar surface area (TPSA) is 93.3 Å². The monoisotopic (exact) mass is 471 g/mol. The molecule has 3 fully saturated rings. The van der Waals surface area contributed by atoms with E-state index in [1.54, 1.807) is 12.1 Å². The molecule has 3 amide bonds. The molecule has 0 atom stereocenters. The van der Waals surface area contributed by atoms with E-state index >= 15 is 0 Å². The van der Waals surface area contributed by atoms with Gasteiger partial charge in [0.2, 0.25) is 10.0 Å². The first-order valence-electron chi connectivity index (χ1n) is 11.3. The third-order valence-electron chi connectivity index (χ3n) is 7.12. The van der Waals surface area contributed by atoms with Gasteiger partial charge >= 0.3 is 6.03 Å². The van der Waals surface area contributed by atoms with E-state index < -0.39 is 15.6 Å². The zero-order valence-electron chi connectivity index (χ0n) is 18.7. The van der Waals surface area contributed by atoms with Crippen LogP contribution >= 0.6 is 0 Å². The minimum Gasteiger partial charge on any atom is -0.323 e. The molecule has 3 aliphatic heterocycles. The van der Waals surface area contributed by atoms with Gasteiger partial charge < -0.3 is 10.2 Å². The number of rotatable bonds is 4. The van der Waals surface area contributed by atoms with Crippen LogP contribution in [0.5, 0.6) is 0 Å². The second-order valence-electron chi connectivity index (χ2n) is 9.22. The summed E-state index contributed by atoms with van der Waals surface area (Å²) in [5, 5.41) is 4.81. The Hall–Kier alpha value is -2.53. The number of amides is 3. The Balaban J connectivity index is 1.23. The molecular formula is C23H29N5O4S. The standard InChI is InChI=1S/C23H29N5O4S/c1-25-10-8-23(9-11-25)21(29)28(22(30)24-23)17-26-12-14-27(15-13-26)33(31,32)20-7-6-18-4-2-3-5-19(18)16-20/h2-7,16H,8-15,17H2,1H3,(H,24,30). The van der Waals surface area contributed by atoms with Crippen LogP contribution in [0, 0.1) is 0 Å². The van der Waals surface area contributed by atoms with Gasteiger partial charge in [0.1, 0.15) is 5.54 Å². The average Bonchev–Trinajstić information content (AvgIpc) is 3.05. The summed E-state index contributed by atoms with van der Waals surface area (Å²) in [7, 11) is -1.60. The van der Waals surface area contributed by atoms with E-state index in [-0.39, 0.29) is 23.5 Å². The number of sulfonamides is 1. The highest BCUT2D eigenvalue weighted by molar-refractivity contribution is 7.89. The van der Waals surface area contributed by atoms with Gasteiger partial charge in [0.15, 0.2) is 0 Å². The first kappa shape index (κ1) is 22.3. The second-order valence-corrected chi connectivity index (χ2v) is 11.2. The summed E-state index contributed by atoms with van der Waals surface area (Å²) < 4.78 is 27.9. The molecule has 0 aliphatic carbocycles. The van der Waals surface area contributed by atoms with Crippen LogP contribution in [0.2, 0.25) is 0 Å². The van der Waals surface area contributed by atoms with Crippen molar-refractivity contribution in [3.63, 3.8) is 0 Å². The maximum absolute atomic E-state index is 13.2. The van der Waals surface area contributed by atoms with Crippen molar-refractivity contribution < 1.29 is 18.0 Å². The van der Waals surface area contributed by atoms with E-state index in [0.29, 0.717) is 39.0 Å². The minimum atomic E-state index is -3.61. The Bertz CT molecular complexity index is 1180. The van der Waals surface area contributed by atoms with E-state index in [9.17, 15) is 18.0 Å². The number of benzene rings is 2. The van der Waals surface area contributed by atoms with Crippen LogP contribution in [0.3, 0.4) is 0 Å². The molecule has 10 heteroatoms. The first-order valence-corrected chi connectivity index (χ1v) is 12.8. The third-order valence-corrected chi connectivity index (χ3v) is 9.01. The highest BCUT2D eigenvalue weighted by atomic mass is 32.2. The lowest BCUT2D eigenvalue weighted by Gasteiger charge is -2.37. The van der Waals surface area contributed by atoms with Crippen LogP contribution in [0.1, 0.15) is 12.8 Å². The minimum absolute atomic E-state index is 0.160. The Kier molecular flexibility index (Phi) is 5.64. The molecule has 3 aliphatic rings. The van der Waals surface area contributed by atoms with Gasteiger partial charge in [-0.1, -0.05) is 30.3 Å². The first-order chi connectivity index (χ1) is 15.8. The molecule has 1 spiro atoms. The van der Waals surface area contributed by atoms with Crippen molar-refractivity contribution in [3.05, 3.63) is 42.5 Å². The Morgan fingerprint density at radius 2 is 1.58 bits per heavy atom. The summed E-state index contributed by atoms with van der Waals surface area (Å²) in [4.78, 5) is 31.4. The van der Waals surface area contributed by atoms with Crippen molar-refractivity contribution in [3.8, 4) is 0 Å². The highest BCUT2D eigenvalue weighted by Crippen LogP contribution is 2.29. The summed E-state index contributed by atoms with van der Waals surface area (Å²) in [6.07, 6.45) is 1.23. The van der Waals surface area contributed by atoms with Crippen molar-refractivity contribution in [1.82, 2.24) is 24.3 Å². The molecule has 3 saturated heterocycles. The lowest BCUT2D eigenvalue weighted by molar-refractivity contribution is -0.134. The summed E-state index contributed by atoms with van der Waals surface area (Å²) in [6, 6.07) is 12.5. The van der Waals surface area contributed by atoms with Gasteiger partial charge in [0.05, 0.1) is 11.6 Å². The van der Waals surface area contributed by atoms with Gasteiger partial charge in [-0.05, 0) is 42.8 Å². The van der Waals surface area contributed by atoms with Crippen molar-refractivity contribution >= 4 is 32.7 Å². The molecule has 9 nitrogen and oxygen atoms in total. The van der Waals surface area contributed by atoms with Crippen LogP contribution in [-0.2, 0) is 14.8 Å². The Labute approximate surface area is 194 Å². The highest BCUT2D eigenvalue weighted by Gasteiger charge is 2.52. The summed E-state index contributed by atoms with van der Waals surface area (Å²) in [5.74, 6) is -0.160.